The number of nitrogens with two attached hydrogens (primary N) is 1. The fourth-order valence-corrected chi connectivity index (χ4v) is 2.19. The van der Waals surface area contributed by atoms with Crippen molar-refractivity contribution in [2.75, 3.05) is 25.6 Å². The van der Waals surface area contributed by atoms with E-state index in [4.69, 9.17) is 5.84 Å². The zero-order valence-electron chi connectivity index (χ0n) is 10.3. The molecular weight excluding hydrogens is 208 g/mol. The van der Waals surface area contributed by atoms with Crippen molar-refractivity contribution in [2.45, 2.75) is 32.7 Å². The lowest BCUT2D eigenvalue weighted by Crippen LogP contribution is -2.48. The quantitative estimate of drug-likeness (QED) is 0.314. The van der Waals surface area contributed by atoms with Crippen LogP contribution in [0.25, 0.3) is 0 Å². The fraction of sp³-hybridized carbons (Fsp3) is 0.900. The molecule has 0 aromatic rings. The highest BCUT2D eigenvalue weighted by atomic mass is 32.2. The molecule has 0 saturated heterocycles. The third kappa shape index (κ3) is 5.28. The van der Waals surface area contributed by atoms with Crippen molar-refractivity contribution in [3.05, 3.63) is 0 Å². The summed E-state index contributed by atoms with van der Waals surface area (Å²) in [5.41, 5.74) is 2.68. The molecule has 0 bridgehead atoms. The van der Waals surface area contributed by atoms with Gasteiger partial charge >= 0.3 is 0 Å². The van der Waals surface area contributed by atoms with E-state index in [2.05, 4.69) is 35.4 Å². The molecule has 15 heavy (non-hydrogen) atoms. The monoisotopic (exact) mass is 232 g/mol. The molecule has 0 aromatic carbocycles. The summed E-state index contributed by atoms with van der Waals surface area (Å²) < 4.78 is 0. The molecule has 0 saturated carbocycles. The molecule has 1 atom stereocenters. The van der Waals surface area contributed by atoms with Crippen molar-refractivity contribution < 1.29 is 0 Å². The average Bonchev–Trinajstić information content (AvgIpc) is 2.26. The van der Waals surface area contributed by atoms with Gasteiger partial charge in [0, 0.05) is 25.4 Å². The Morgan fingerprint density at radius 2 is 2.20 bits per heavy atom. The SMILES string of the molecule is CCCN=C(NN)N(C)C(CC)CSC. The molecule has 4 nitrogen and oxygen atoms in total. The molecule has 0 amide bonds. The molecule has 3 N–H and O–H groups in total. The van der Waals surface area contributed by atoms with E-state index in [0.717, 1.165) is 31.1 Å². The van der Waals surface area contributed by atoms with Gasteiger partial charge in [-0.3, -0.25) is 10.4 Å². The molecule has 0 radical (unpaired) electrons. The molecule has 0 aliphatic heterocycles. The van der Waals surface area contributed by atoms with E-state index in [-0.39, 0.29) is 0 Å². The number of hydrazine groups is 1. The van der Waals surface area contributed by atoms with Crippen molar-refractivity contribution in [1.29, 1.82) is 0 Å². The van der Waals surface area contributed by atoms with Crippen molar-refractivity contribution in [3.8, 4) is 0 Å². The van der Waals surface area contributed by atoms with Gasteiger partial charge in [0.1, 0.15) is 0 Å². The molecule has 0 aliphatic carbocycles. The summed E-state index contributed by atoms with van der Waals surface area (Å²) in [4.78, 5) is 6.54. The summed E-state index contributed by atoms with van der Waals surface area (Å²) in [6, 6.07) is 0.492. The largest absolute Gasteiger partial charge is 0.341 e. The normalized spacial score (nSPS) is 13.8. The minimum Gasteiger partial charge on any atom is -0.341 e. The summed E-state index contributed by atoms with van der Waals surface area (Å²) >= 11 is 1.85. The highest BCUT2D eigenvalue weighted by molar-refractivity contribution is 7.98. The van der Waals surface area contributed by atoms with Crippen molar-refractivity contribution in [1.82, 2.24) is 10.3 Å². The van der Waals surface area contributed by atoms with E-state index in [1.54, 1.807) is 0 Å². The van der Waals surface area contributed by atoms with E-state index in [1.807, 2.05) is 18.8 Å². The van der Waals surface area contributed by atoms with Crippen LogP contribution in [0.15, 0.2) is 4.99 Å². The van der Waals surface area contributed by atoms with Gasteiger partial charge in [-0.05, 0) is 19.1 Å². The van der Waals surface area contributed by atoms with Gasteiger partial charge in [-0.25, -0.2) is 5.84 Å². The Labute approximate surface area is 97.7 Å². The number of rotatable bonds is 6. The van der Waals surface area contributed by atoms with E-state index < -0.39 is 0 Å². The number of aliphatic imine (C=N–C) groups is 1. The molecule has 5 heteroatoms. The number of thioether (sulfide) groups is 1. The Kier molecular flexibility index (Phi) is 8.61. The predicted octanol–water partition coefficient (Wildman–Crippen LogP) is 1.29. The minimum absolute atomic E-state index is 0.492. The van der Waals surface area contributed by atoms with Crippen LogP contribution in [0, 0.1) is 0 Å². The van der Waals surface area contributed by atoms with Crippen LogP contribution < -0.4 is 11.3 Å². The Bertz CT molecular complexity index is 184. The number of guanidine groups is 1. The Hall–Kier alpha value is -0.420. The number of nitrogens with zero attached hydrogens (tertiary/aromatic N) is 2. The van der Waals surface area contributed by atoms with E-state index in [1.165, 1.54) is 0 Å². The number of hydrogen-bond acceptors (Lipinski definition) is 3. The van der Waals surface area contributed by atoms with Crippen LogP contribution in [0.1, 0.15) is 26.7 Å². The predicted molar refractivity (Wildman–Crippen MR) is 70.1 cm³/mol. The molecular formula is C10H24N4S. The maximum Gasteiger partial charge on any atom is 0.208 e. The second kappa shape index (κ2) is 8.85. The van der Waals surface area contributed by atoms with Gasteiger partial charge in [-0.15, -0.1) is 0 Å². The maximum absolute atomic E-state index is 5.47. The second-order valence-electron chi connectivity index (χ2n) is 3.48. The molecule has 0 aliphatic rings. The molecule has 90 valence electrons. The first-order chi connectivity index (χ1) is 7.21. The molecule has 0 spiro atoms. The Morgan fingerprint density at radius 3 is 2.60 bits per heavy atom. The molecule has 0 fully saturated rings. The van der Waals surface area contributed by atoms with Crippen molar-refractivity contribution >= 4 is 17.7 Å². The van der Waals surface area contributed by atoms with Crippen molar-refractivity contribution in [2.24, 2.45) is 10.8 Å². The van der Waals surface area contributed by atoms with Crippen LogP contribution in [0.4, 0.5) is 0 Å². The summed E-state index contributed by atoms with van der Waals surface area (Å²) in [6.45, 7) is 5.11. The first-order valence-electron chi connectivity index (χ1n) is 5.44. The van der Waals surface area contributed by atoms with Crippen LogP contribution >= 0.6 is 11.8 Å². The van der Waals surface area contributed by atoms with Crippen molar-refractivity contribution in [3.63, 3.8) is 0 Å². The fourth-order valence-electron chi connectivity index (χ4n) is 1.35. The van der Waals surface area contributed by atoms with Gasteiger partial charge in [0.2, 0.25) is 5.96 Å². The highest BCUT2D eigenvalue weighted by Gasteiger charge is 2.14. The Balaban J connectivity index is 4.38. The lowest BCUT2D eigenvalue weighted by Gasteiger charge is -2.29. The smallest absolute Gasteiger partial charge is 0.208 e. The van der Waals surface area contributed by atoms with Gasteiger partial charge in [0.25, 0.3) is 0 Å². The molecule has 0 aromatic heterocycles. The van der Waals surface area contributed by atoms with E-state index in [0.29, 0.717) is 6.04 Å². The number of hydrogen-bond donors (Lipinski definition) is 2. The van der Waals surface area contributed by atoms with Crippen LogP contribution in [0.5, 0.6) is 0 Å². The van der Waals surface area contributed by atoms with E-state index in [9.17, 15) is 0 Å². The molecule has 1 unspecified atom stereocenters. The van der Waals surface area contributed by atoms with Crippen LogP contribution in [-0.4, -0.2) is 42.5 Å². The lowest BCUT2D eigenvalue weighted by molar-refractivity contribution is 0.373. The summed E-state index contributed by atoms with van der Waals surface area (Å²) in [7, 11) is 2.04. The van der Waals surface area contributed by atoms with Gasteiger partial charge in [-0.2, -0.15) is 11.8 Å². The van der Waals surface area contributed by atoms with Gasteiger partial charge in [-0.1, -0.05) is 13.8 Å². The first-order valence-corrected chi connectivity index (χ1v) is 6.83. The molecule has 0 heterocycles. The number of nitrogens with one attached hydrogen (secondary N) is 1. The second-order valence-corrected chi connectivity index (χ2v) is 4.39. The summed E-state index contributed by atoms with van der Waals surface area (Å²) in [6.07, 6.45) is 4.26. The standard InChI is InChI=1S/C10H24N4S/c1-5-7-12-10(13-11)14(3)9(6-2)8-15-4/h9H,5-8,11H2,1-4H3,(H,12,13). The average molecular weight is 232 g/mol. The lowest BCUT2D eigenvalue weighted by atomic mass is 10.2. The Morgan fingerprint density at radius 1 is 1.53 bits per heavy atom. The highest BCUT2D eigenvalue weighted by Crippen LogP contribution is 2.08. The summed E-state index contributed by atoms with van der Waals surface area (Å²) in [5, 5.41) is 0. The zero-order chi connectivity index (χ0) is 11.7. The maximum atomic E-state index is 5.47. The third-order valence-electron chi connectivity index (χ3n) is 2.33. The topological polar surface area (TPSA) is 53.6 Å². The zero-order valence-corrected chi connectivity index (χ0v) is 11.1. The van der Waals surface area contributed by atoms with Gasteiger partial charge in [0.15, 0.2) is 0 Å². The first kappa shape index (κ1) is 14.6. The van der Waals surface area contributed by atoms with Crippen LogP contribution in [0.2, 0.25) is 0 Å². The van der Waals surface area contributed by atoms with Gasteiger partial charge < -0.3 is 4.90 Å². The van der Waals surface area contributed by atoms with Crippen LogP contribution in [0.3, 0.4) is 0 Å². The van der Waals surface area contributed by atoms with Gasteiger partial charge in [0.05, 0.1) is 0 Å². The molecule has 0 rings (SSSR count). The van der Waals surface area contributed by atoms with Crippen LogP contribution in [-0.2, 0) is 0 Å². The minimum atomic E-state index is 0.492. The third-order valence-corrected chi connectivity index (χ3v) is 3.04. The van der Waals surface area contributed by atoms with E-state index >= 15 is 0 Å². The summed E-state index contributed by atoms with van der Waals surface area (Å²) in [5.74, 6) is 7.36.